The molecule has 0 amide bonds. The summed E-state index contributed by atoms with van der Waals surface area (Å²) in [5.74, 6) is 0. The van der Waals surface area contributed by atoms with Gasteiger partial charge in [-0.1, -0.05) is 103 Å². The molecule has 0 saturated heterocycles. The van der Waals surface area contributed by atoms with Gasteiger partial charge in [0.05, 0.1) is 0 Å². The van der Waals surface area contributed by atoms with Crippen molar-refractivity contribution in [1.29, 1.82) is 0 Å². The second kappa shape index (κ2) is 13.8. The summed E-state index contributed by atoms with van der Waals surface area (Å²) in [4.78, 5) is 0. The van der Waals surface area contributed by atoms with Gasteiger partial charge in [-0.15, -0.1) is 0 Å². The first-order valence-corrected chi connectivity index (χ1v) is 17.2. The number of hydrogen-bond acceptors (Lipinski definition) is 3. The number of benzene rings is 4. The molecule has 3 nitrogen and oxygen atoms in total. The third-order valence-electron chi connectivity index (χ3n) is 11.0. The molecule has 0 aromatic heterocycles. The molecule has 228 valence electrons. The van der Waals surface area contributed by atoms with Crippen LogP contribution in [0.4, 0.5) is 0 Å². The molecule has 3 heteroatoms. The first kappa shape index (κ1) is 29.5. The molecule has 0 spiro atoms. The Bertz CT molecular complexity index is 1360. The molecular formula is C41H49N3. The molecule has 3 aliphatic rings. The van der Waals surface area contributed by atoms with Crippen molar-refractivity contribution >= 4 is 0 Å². The van der Waals surface area contributed by atoms with E-state index in [-0.39, 0.29) is 5.41 Å². The summed E-state index contributed by atoms with van der Waals surface area (Å²) < 4.78 is 0. The van der Waals surface area contributed by atoms with Gasteiger partial charge in [-0.05, 0) is 128 Å². The zero-order valence-electron chi connectivity index (χ0n) is 26.2. The van der Waals surface area contributed by atoms with E-state index in [1.165, 1.54) is 77.5 Å². The lowest BCUT2D eigenvalue weighted by Gasteiger charge is -2.40. The minimum Gasteiger partial charge on any atom is -0.310 e. The van der Waals surface area contributed by atoms with Crippen molar-refractivity contribution in [2.75, 3.05) is 19.6 Å². The van der Waals surface area contributed by atoms with Crippen LogP contribution in [0.3, 0.4) is 0 Å². The van der Waals surface area contributed by atoms with Crippen LogP contribution in [-0.2, 0) is 25.7 Å². The monoisotopic (exact) mass is 583 g/mol. The maximum Gasteiger partial charge on any atom is 0.0323 e. The lowest BCUT2D eigenvalue weighted by molar-refractivity contribution is 0.172. The summed E-state index contributed by atoms with van der Waals surface area (Å²) in [6.07, 6.45) is 11.8. The molecule has 3 unspecified atom stereocenters. The van der Waals surface area contributed by atoms with E-state index in [0.29, 0.717) is 18.1 Å². The first-order valence-electron chi connectivity index (χ1n) is 17.2. The molecule has 3 aliphatic heterocycles. The van der Waals surface area contributed by atoms with Crippen LogP contribution in [0.25, 0.3) is 0 Å². The molecule has 3 N–H and O–H groups in total. The van der Waals surface area contributed by atoms with Crippen molar-refractivity contribution in [3.05, 3.63) is 142 Å². The van der Waals surface area contributed by atoms with Gasteiger partial charge in [0.1, 0.15) is 0 Å². The molecule has 0 radical (unpaired) electrons. The van der Waals surface area contributed by atoms with Crippen LogP contribution in [0.15, 0.2) is 103 Å². The van der Waals surface area contributed by atoms with E-state index in [4.69, 9.17) is 0 Å². The van der Waals surface area contributed by atoms with Gasteiger partial charge in [0.2, 0.25) is 0 Å². The minimum absolute atomic E-state index is 0.220. The van der Waals surface area contributed by atoms with Crippen LogP contribution in [-0.4, -0.2) is 19.6 Å². The molecule has 3 heterocycles. The number of nitrogens with one attached hydrogen (secondary N) is 3. The maximum absolute atomic E-state index is 3.92. The molecule has 0 bridgehead atoms. The van der Waals surface area contributed by atoms with E-state index in [2.05, 4.69) is 119 Å². The highest BCUT2D eigenvalue weighted by Gasteiger charge is 2.35. The van der Waals surface area contributed by atoms with E-state index in [1.54, 1.807) is 0 Å². The third kappa shape index (κ3) is 6.71. The van der Waals surface area contributed by atoms with Crippen molar-refractivity contribution < 1.29 is 0 Å². The molecule has 4 aromatic rings. The zero-order valence-corrected chi connectivity index (χ0v) is 26.2. The Hall–Kier alpha value is -3.24. The van der Waals surface area contributed by atoms with Crippen LogP contribution in [0.2, 0.25) is 0 Å². The Morgan fingerprint density at radius 1 is 0.455 bits per heavy atom. The van der Waals surface area contributed by atoms with Gasteiger partial charge >= 0.3 is 0 Å². The van der Waals surface area contributed by atoms with Gasteiger partial charge in [-0.3, -0.25) is 0 Å². The lowest BCUT2D eigenvalue weighted by Crippen LogP contribution is -2.35. The largest absolute Gasteiger partial charge is 0.310 e. The van der Waals surface area contributed by atoms with E-state index in [0.717, 1.165) is 45.3 Å². The van der Waals surface area contributed by atoms with Crippen molar-refractivity contribution in [3.63, 3.8) is 0 Å². The molecule has 4 aromatic carbocycles. The average molecular weight is 584 g/mol. The Kier molecular flexibility index (Phi) is 9.25. The van der Waals surface area contributed by atoms with Gasteiger partial charge in [-0.2, -0.15) is 0 Å². The minimum atomic E-state index is 0.220. The number of rotatable bonds is 11. The van der Waals surface area contributed by atoms with Crippen LogP contribution in [0, 0.1) is 5.41 Å². The normalized spacial score (nSPS) is 22.3. The highest BCUT2D eigenvalue weighted by atomic mass is 14.9. The fourth-order valence-corrected chi connectivity index (χ4v) is 8.57. The van der Waals surface area contributed by atoms with Crippen molar-refractivity contribution in [2.45, 2.75) is 82.3 Å². The number of hydrogen-bond donors (Lipinski definition) is 3. The average Bonchev–Trinajstić information content (AvgIpc) is 3.09. The van der Waals surface area contributed by atoms with Crippen LogP contribution >= 0.6 is 0 Å². The smallest absolute Gasteiger partial charge is 0.0323 e. The van der Waals surface area contributed by atoms with Crippen LogP contribution in [0.1, 0.15) is 95.6 Å². The second-order valence-electron chi connectivity index (χ2n) is 13.6. The maximum atomic E-state index is 3.92. The molecule has 7 rings (SSSR count). The Morgan fingerprint density at radius 2 is 0.818 bits per heavy atom. The van der Waals surface area contributed by atoms with Gasteiger partial charge in [-0.25, -0.2) is 0 Å². The lowest BCUT2D eigenvalue weighted by atomic mass is 9.68. The van der Waals surface area contributed by atoms with Gasteiger partial charge < -0.3 is 16.0 Å². The summed E-state index contributed by atoms with van der Waals surface area (Å²) in [7, 11) is 0. The summed E-state index contributed by atoms with van der Waals surface area (Å²) >= 11 is 0. The van der Waals surface area contributed by atoms with E-state index >= 15 is 0 Å². The molecule has 44 heavy (non-hydrogen) atoms. The quantitative estimate of drug-likeness (QED) is 0.167. The summed E-state index contributed by atoms with van der Waals surface area (Å²) in [5, 5.41) is 11.8. The number of fused-ring (bicyclic) bond motifs is 3. The summed E-state index contributed by atoms with van der Waals surface area (Å²) in [6.45, 7) is 3.25. The van der Waals surface area contributed by atoms with E-state index < -0.39 is 0 Å². The van der Waals surface area contributed by atoms with Gasteiger partial charge in [0, 0.05) is 18.1 Å². The third-order valence-corrected chi connectivity index (χ3v) is 11.0. The van der Waals surface area contributed by atoms with Crippen molar-refractivity contribution in [3.8, 4) is 0 Å². The van der Waals surface area contributed by atoms with Crippen molar-refractivity contribution in [1.82, 2.24) is 16.0 Å². The van der Waals surface area contributed by atoms with E-state index in [9.17, 15) is 0 Å². The Balaban J connectivity index is 1.19. The summed E-state index contributed by atoms with van der Waals surface area (Å²) in [6, 6.07) is 40.2. The highest BCUT2D eigenvalue weighted by Crippen LogP contribution is 2.45. The molecule has 3 atom stereocenters. The second-order valence-corrected chi connectivity index (χ2v) is 13.6. The zero-order chi connectivity index (χ0) is 29.6. The molecular weight excluding hydrogens is 534 g/mol. The standard InChI is InChI=1S/C41H49N3/c1-2-10-31(11-3-1)30-41(24-18-38-35-15-7-4-12-32(35)21-27-42-38,25-19-39-36-16-8-5-13-33(36)22-28-43-39)26-20-40-37-17-9-6-14-34(37)23-29-44-40/h1-17,38-40,42-44H,18-30H2. The first-order chi connectivity index (χ1) is 21.8. The molecule has 0 fully saturated rings. The topological polar surface area (TPSA) is 36.1 Å². The molecule has 0 saturated carbocycles. The van der Waals surface area contributed by atoms with Crippen LogP contribution < -0.4 is 16.0 Å². The Morgan fingerprint density at radius 3 is 1.23 bits per heavy atom. The fourth-order valence-electron chi connectivity index (χ4n) is 8.57. The van der Waals surface area contributed by atoms with Gasteiger partial charge in [0.25, 0.3) is 0 Å². The predicted molar refractivity (Wildman–Crippen MR) is 183 cm³/mol. The van der Waals surface area contributed by atoms with Crippen LogP contribution in [0.5, 0.6) is 0 Å². The van der Waals surface area contributed by atoms with E-state index in [1.807, 2.05) is 0 Å². The summed E-state index contributed by atoms with van der Waals surface area (Å²) in [5.41, 5.74) is 10.9. The Labute approximate surface area is 264 Å². The SMILES string of the molecule is c1ccc(CC(CCC2NCCc3ccccc32)(CCC2NCCc3ccccc32)CCC2NCCc3ccccc32)cc1. The highest BCUT2D eigenvalue weighted by molar-refractivity contribution is 5.34. The fraction of sp³-hybridized carbons (Fsp3) is 0.415. The molecule has 0 aliphatic carbocycles. The predicted octanol–water partition coefficient (Wildman–Crippen LogP) is 8.22. The van der Waals surface area contributed by atoms with Crippen molar-refractivity contribution in [2.24, 2.45) is 5.41 Å². The van der Waals surface area contributed by atoms with Gasteiger partial charge in [0.15, 0.2) is 0 Å².